The third kappa shape index (κ3) is 1.75. The lowest BCUT2D eigenvalue weighted by Gasteiger charge is -2.06. The number of benzene rings is 1. The largest absolute Gasteiger partial charge is 0.299 e. The van der Waals surface area contributed by atoms with Crippen LogP contribution in [0, 0.1) is 0 Å². The van der Waals surface area contributed by atoms with Gasteiger partial charge in [-0.05, 0) is 11.1 Å². The third-order valence-corrected chi connectivity index (χ3v) is 2.77. The van der Waals surface area contributed by atoms with Crippen LogP contribution in [0.5, 0.6) is 0 Å². The molecule has 0 radical (unpaired) electrons. The number of Topliss-reactive ketones (excluding diaryl/α,β-unsaturated/α-hetero) is 2. The summed E-state index contributed by atoms with van der Waals surface area (Å²) in [5.74, 6) is -0.415. The predicted octanol–water partition coefficient (Wildman–Crippen LogP) is 2.35. The van der Waals surface area contributed by atoms with Gasteiger partial charge in [-0.2, -0.15) is 0 Å². The van der Waals surface area contributed by atoms with Gasteiger partial charge in [0, 0.05) is 12.8 Å². The fourth-order valence-corrected chi connectivity index (χ4v) is 1.91. The second-order valence-electron chi connectivity index (χ2n) is 3.74. The molecule has 0 atom stereocenters. The van der Waals surface area contributed by atoms with Gasteiger partial charge in [0.15, 0.2) is 0 Å². The highest BCUT2D eigenvalue weighted by Gasteiger charge is 2.33. The van der Waals surface area contributed by atoms with Crippen molar-refractivity contribution in [3.8, 4) is 0 Å². The Morgan fingerprint density at radius 2 is 1.60 bits per heavy atom. The molecule has 0 N–H and O–H groups in total. The van der Waals surface area contributed by atoms with Crippen LogP contribution in [0.25, 0.3) is 6.08 Å². The second kappa shape index (κ2) is 3.81. The maximum absolute atomic E-state index is 11.5. The summed E-state index contributed by atoms with van der Waals surface area (Å²) in [5.41, 5.74) is 1.81. The zero-order valence-corrected chi connectivity index (χ0v) is 8.40. The lowest BCUT2D eigenvalue weighted by atomic mass is 9.95. The van der Waals surface area contributed by atoms with Gasteiger partial charge in [0.1, 0.15) is 17.5 Å². The van der Waals surface area contributed by atoms with E-state index in [4.69, 9.17) is 0 Å². The van der Waals surface area contributed by atoms with E-state index in [1.54, 1.807) is 6.08 Å². The van der Waals surface area contributed by atoms with E-state index in [9.17, 15) is 9.59 Å². The van der Waals surface area contributed by atoms with Crippen molar-refractivity contribution < 1.29 is 9.59 Å². The molecule has 2 rings (SSSR count). The van der Waals surface area contributed by atoms with E-state index in [2.05, 4.69) is 6.58 Å². The maximum atomic E-state index is 11.5. The lowest BCUT2D eigenvalue weighted by Crippen LogP contribution is -2.11. The van der Waals surface area contributed by atoms with Gasteiger partial charge >= 0.3 is 0 Å². The highest BCUT2D eigenvalue weighted by atomic mass is 16.2. The van der Waals surface area contributed by atoms with Crippen molar-refractivity contribution in [2.24, 2.45) is 0 Å². The zero-order valence-electron chi connectivity index (χ0n) is 8.40. The SMILES string of the molecule is C=Cc1ccc(C2C(=O)CCC2=O)cc1. The van der Waals surface area contributed by atoms with Gasteiger partial charge in [0.2, 0.25) is 0 Å². The fourth-order valence-electron chi connectivity index (χ4n) is 1.91. The molecule has 0 heterocycles. The molecule has 15 heavy (non-hydrogen) atoms. The first-order chi connectivity index (χ1) is 7.22. The molecule has 1 saturated carbocycles. The number of carbonyl (C=O) groups is 2. The molecule has 0 unspecified atom stereocenters. The lowest BCUT2D eigenvalue weighted by molar-refractivity contribution is -0.123. The quantitative estimate of drug-likeness (QED) is 0.687. The van der Waals surface area contributed by atoms with Crippen molar-refractivity contribution in [3.63, 3.8) is 0 Å². The van der Waals surface area contributed by atoms with Crippen molar-refractivity contribution in [1.29, 1.82) is 0 Å². The first-order valence-electron chi connectivity index (χ1n) is 5.00. The third-order valence-electron chi connectivity index (χ3n) is 2.77. The van der Waals surface area contributed by atoms with E-state index in [1.807, 2.05) is 24.3 Å². The van der Waals surface area contributed by atoms with Crippen LogP contribution in [0.3, 0.4) is 0 Å². The van der Waals surface area contributed by atoms with Crippen LogP contribution in [0.1, 0.15) is 29.9 Å². The van der Waals surface area contributed by atoms with Gasteiger partial charge in [0.05, 0.1) is 0 Å². The summed E-state index contributed by atoms with van der Waals surface area (Å²) in [6.45, 7) is 3.65. The summed E-state index contributed by atoms with van der Waals surface area (Å²) in [6.07, 6.45) is 2.53. The van der Waals surface area contributed by atoms with Crippen molar-refractivity contribution >= 4 is 17.6 Å². The molecular weight excluding hydrogens is 188 g/mol. The van der Waals surface area contributed by atoms with Gasteiger partial charge in [-0.1, -0.05) is 36.9 Å². The molecule has 1 aliphatic rings. The average Bonchev–Trinajstić information content (AvgIpc) is 2.59. The van der Waals surface area contributed by atoms with Crippen molar-refractivity contribution in [2.45, 2.75) is 18.8 Å². The van der Waals surface area contributed by atoms with Crippen molar-refractivity contribution in [3.05, 3.63) is 42.0 Å². The first-order valence-corrected chi connectivity index (χ1v) is 5.00. The Kier molecular flexibility index (Phi) is 2.50. The molecule has 1 aromatic rings. The predicted molar refractivity (Wildman–Crippen MR) is 58.5 cm³/mol. The molecule has 0 saturated heterocycles. The number of hydrogen-bond donors (Lipinski definition) is 0. The summed E-state index contributed by atoms with van der Waals surface area (Å²) in [7, 11) is 0. The minimum absolute atomic E-state index is 0.0475. The minimum atomic E-state index is -0.510. The molecule has 0 bridgehead atoms. The summed E-state index contributed by atoms with van der Waals surface area (Å²) < 4.78 is 0. The molecule has 1 aliphatic carbocycles. The van der Waals surface area contributed by atoms with Crippen LogP contribution >= 0.6 is 0 Å². The summed E-state index contributed by atoms with van der Waals surface area (Å²) in [6, 6.07) is 7.42. The van der Waals surface area contributed by atoms with E-state index in [1.165, 1.54) is 0 Å². The Morgan fingerprint density at radius 3 is 2.07 bits per heavy atom. The van der Waals surface area contributed by atoms with Crippen LogP contribution in [0.4, 0.5) is 0 Å². The Hall–Kier alpha value is -1.70. The van der Waals surface area contributed by atoms with Gasteiger partial charge < -0.3 is 0 Å². The zero-order chi connectivity index (χ0) is 10.8. The number of ketones is 2. The average molecular weight is 200 g/mol. The van der Waals surface area contributed by atoms with Crippen LogP contribution < -0.4 is 0 Å². The van der Waals surface area contributed by atoms with E-state index in [0.29, 0.717) is 12.8 Å². The van der Waals surface area contributed by atoms with Gasteiger partial charge in [0.25, 0.3) is 0 Å². The Balaban J connectivity index is 2.32. The molecule has 1 fully saturated rings. The smallest absolute Gasteiger partial charge is 0.148 e. The van der Waals surface area contributed by atoms with E-state index < -0.39 is 5.92 Å². The molecule has 0 amide bonds. The standard InChI is InChI=1S/C13H12O2/c1-2-9-3-5-10(6-4-9)13-11(14)7-8-12(13)15/h2-6,13H,1,7-8H2. The number of rotatable bonds is 2. The Morgan fingerprint density at radius 1 is 1.07 bits per heavy atom. The second-order valence-corrected chi connectivity index (χ2v) is 3.74. The molecular formula is C13H12O2. The van der Waals surface area contributed by atoms with E-state index in [0.717, 1.165) is 11.1 Å². The van der Waals surface area contributed by atoms with Crippen LogP contribution in [0.2, 0.25) is 0 Å². The first kappa shape index (κ1) is 9.84. The van der Waals surface area contributed by atoms with E-state index in [-0.39, 0.29) is 11.6 Å². The van der Waals surface area contributed by atoms with Crippen LogP contribution in [0.15, 0.2) is 30.8 Å². The molecule has 0 aromatic heterocycles. The van der Waals surface area contributed by atoms with Crippen molar-refractivity contribution in [2.75, 3.05) is 0 Å². The van der Waals surface area contributed by atoms with Crippen molar-refractivity contribution in [1.82, 2.24) is 0 Å². The normalized spacial score (nSPS) is 17.1. The summed E-state index contributed by atoms with van der Waals surface area (Å²) in [5, 5.41) is 0. The molecule has 0 spiro atoms. The number of carbonyl (C=O) groups excluding carboxylic acids is 2. The highest BCUT2D eigenvalue weighted by molar-refractivity contribution is 6.13. The fraction of sp³-hybridized carbons (Fsp3) is 0.231. The van der Waals surface area contributed by atoms with Gasteiger partial charge in [-0.15, -0.1) is 0 Å². The van der Waals surface area contributed by atoms with Gasteiger partial charge in [-0.25, -0.2) is 0 Å². The van der Waals surface area contributed by atoms with E-state index >= 15 is 0 Å². The Bertz CT molecular complexity index is 399. The topological polar surface area (TPSA) is 34.1 Å². The number of hydrogen-bond acceptors (Lipinski definition) is 2. The minimum Gasteiger partial charge on any atom is -0.299 e. The summed E-state index contributed by atoms with van der Waals surface area (Å²) in [4.78, 5) is 23.0. The molecule has 0 aliphatic heterocycles. The van der Waals surface area contributed by atoms with Crippen LogP contribution in [-0.4, -0.2) is 11.6 Å². The Labute approximate surface area is 88.6 Å². The van der Waals surface area contributed by atoms with Crippen LogP contribution in [-0.2, 0) is 9.59 Å². The monoisotopic (exact) mass is 200 g/mol. The molecule has 1 aromatic carbocycles. The maximum Gasteiger partial charge on any atom is 0.148 e. The molecule has 76 valence electrons. The highest BCUT2D eigenvalue weighted by Crippen LogP contribution is 2.28. The molecule has 2 nitrogen and oxygen atoms in total. The van der Waals surface area contributed by atoms with Gasteiger partial charge in [-0.3, -0.25) is 9.59 Å². The summed E-state index contributed by atoms with van der Waals surface area (Å²) >= 11 is 0. The molecule has 2 heteroatoms.